The van der Waals surface area contributed by atoms with E-state index in [1.807, 2.05) is 0 Å². The molecule has 4 heteroatoms. The van der Waals surface area contributed by atoms with E-state index in [-0.39, 0.29) is 17.9 Å². The Balaban J connectivity index is 3.32. The van der Waals surface area contributed by atoms with Crippen LogP contribution in [0.2, 0.25) is 0 Å². The number of halogens is 1. The van der Waals surface area contributed by atoms with Crippen LogP contribution in [0.4, 0.5) is 4.39 Å². The smallest absolute Gasteiger partial charge is 0.180 e. The highest BCUT2D eigenvalue weighted by Crippen LogP contribution is 2.24. The highest BCUT2D eigenvalue weighted by atomic mass is 19.1. The lowest BCUT2D eigenvalue weighted by atomic mass is 10.1. The third-order valence-electron chi connectivity index (χ3n) is 1.93. The van der Waals surface area contributed by atoms with Crippen LogP contribution in [0.5, 0.6) is 5.75 Å². The molecular formula is C10H12FNO2. The first-order valence-electron chi connectivity index (χ1n) is 4.17. The van der Waals surface area contributed by atoms with Crippen LogP contribution < -0.4 is 10.5 Å². The number of rotatable bonds is 3. The summed E-state index contributed by atoms with van der Waals surface area (Å²) in [5.74, 6) is -0.397. The van der Waals surface area contributed by atoms with Crippen molar-refractivity contribution in [2.45, 2.75) is 6.92 Å². The molecule has 0 amide bonds. The normalized spacial score (nSPS) is 10.0. The third kappa shape index (κ3) is 1.90. The van der Waals surface area contributed by atoms with E-state index in [0.717, 1.165) is 6.07 Å². The molecule has 1 aromatic carbocycles. The summed E-state index contributed by atoms with van der Waals surface area (Å²) in [5, 5.41) is 0. The van der Waals surface area contributed by atoms with Gasteiger partial charge in [0.25, 0.3) is 0 Å². The van der Waals surface area contributed by atoms with Crippen molar-refractivity contribution >= 4 is 5.78 Å². The molecule has 0 saturated heterocycles. The number of carbonyl (C=O) groups is 1. The van der Waals surface area contributed by atoms with Gasteiger partial charge in [-0.15, -0.1) is 0 Å². The molecule has 0 fully saturated rings. The molecule has 1 rings (SSSR count). The summed E-state index contributed by atoms with van der Waals surface area (Å²) in [6.07, 6.45) is 0. The van der Waals surface area contributed by atoms with Gasteiger partial charge in [0.2, 0.25) is 0 Å². The molecule has 76 valence electrons. The number of benzene rings is 1. The first-order chi connectivity index (χ1) is 6.60. The molecule has 0 heterocycles. The molecule has 0 bridgehead atoms. The lowest BCUT2D eigenvalue weighted by molar-refractivity contribution is 0.0998. The number of methoxy groups -OCH3 is 1. The van der Waals surface area contributed by atoms with Crippen LogP contribution >= 0.6 is 0 Å². The molecule has 0 unspecified atom stereocenters. The van der Waals surface area contributed by atoms with E-state index in [0.29, 0.717) is 11.3 Å². The van der Waals surface area contributed by atoms with Crippen LogP contribution in [0.25, 0.3) is 0 Å². The summed E-state index contributed by atoms with van der Waals surface area (Å²) in [7, 11) is 1.44. The van der Waals surface area contributed by atoms with Gasteiger partial charge >= 0.3 is 0 Å². The van der Waals surface area contributed by atoms with E-state index in [1.165, 1.54) is 13.2 Å². The van der Waals surface area contributed by atoms with Crippen LogP contribution in [0.1, 0.15) is 15.9 Å². The second kappa shape index (κ2) is 4.19. The van der Waals surface area contributed by atoms with E-state index in [2.05, 4.69) is 0 Å². The zero-order valence-electron chi connectivity index (χ0n) is 8.13. The zero-order valence-corrected chi connectivity index (χ0v) is 8.13. The van der Waals surface area contributed by atoms with Crippen molar-refractivity contribution in [1.82, 2.24) is 0 Å². The van der Waals surface area contributed by atoms with Crippen LogP contribution in [-0.2, 0) is 0 Å². The highest BCUT2D eigenvalue weighted by molar-refractivity contribution is 6.00. The van der Waals surface area contributed by atoms with Gasteiger partial charge in [0.15, 0.2) is 5.78 Å². The molecule has 0 aliphatic rings. The van der Waals surface area contributed by atoms with Gasteiger partial charge in [0, 0.05) is 0 Å². The SMILES string of the molecule is COc1c(C)cc(F)cc1C(=O)CN. The standard InChI is InChI=1S/C10H12FNO2/c1-6-3-7(11)4-8(9(13)5-12)10(6)14-2/h3-4H,5,12H2,1-2H3. The van der Waals surface area contributed by atoms with Crippen molar-refractivity contribution in [2.75, 3.05) is 13.7 Å². The van der Waals surface area contributed by atoms with E-state index in [4.69, 9.17) is 10.5 Å². The first-order valence-corrected chi connectivity index (χ1v) is 4.17. The van der Waals surface area contributed by atoms with Crippen LogP contribution in [0.15, 0.2) is 12.1 Å². The van der Waals surface area contributed by atoms with Crippen LogP contribution in [-0.4, -0.2) is 19.4 Å². The third-order valence-corrected chi connectivity index (χ3v) is 1.93. The average molecular weight is 197 g/mol. The Kier molecular flexibility index (Phi) is 3.19. The van der Waals surface area contributed by atoms with Crippen LogP contribution in [0.3, 0.4) is 0 Å². The summed E-state index contributed by atoms with van der Waals surface area (Å²) < 4.78 is 18.0. The second-order valence-electron chi connectivity index (χ2n) is 2.93. The summed E-state index contributed by atoms with van der Waals surface area (Å²) in [6, 6.07) is 2.45. The van der Waals surface area contributed by atoms with Crippen molar-refractivity contribution in [2.24, 2.45) is 5.73 Å². The fourth-order valence-corrected chi connectivity index (χ4v) is 1.32. The Morgan fingerprint density at radius 2 is 2.21 bits per heavy atom. The summed E-state index contributed by atoms with van der Waals surface area (Å²) in [4.78, 5) is 11.3. The summed E-state index contributed by atoms with van der Waals surface area (Å²) in [6.45, 7) is 1.52. The maximum atomic E-state index is 13.0. The highest BCUT2D eigenvalue weighted by Gasteiger charge is 2.14. The largest absolute Gasteiger partial charge is 0.496 e. The lowest BCUT2D eigenvalue weighted by Gasteiger charge is -2.09. The maximum Gasteiger partial charge on any atom is 0.180 e. The molecule has 14 heavy (non-hydrogen) atoms. The van der Waals surface area contributed by atoms with Crippen molar-refractivity contribution in [3.63, 3.8) is 0 Å². The zero-order chi connectivity index (χ0) is 10.7. The van der Waals surface area contributed by atoms with Crippen molar-refractivity contribution in [3.05, 3.63) is 29.1 Å². The minimum Gasteiger partial charge on any atom is -0.496 e. The Morgan fingerprint density at radius 1 is 1.57 bits per heavy atom. The molecular weight excluding hydrogens is 185 g/mol. The molecule has 0 atom stereocenters. The van der Waals surface area contributed by atoms with E-state index in [1.54, 1.807) is 6.92 Å². The second-order valence-corrected chi connectivity index (χ2v) is 2.93. The predicted molar refractivity (Wildman–Crippen MR) is 51.1 cm³/mol. The van der Waals surface area contributed by atoms with E-state index < -0.39 is 5.82 Å². The van der Waals surface area contributed by atoms with Gasteiger partial charge in [0.1, 0.15) is 11.6 Å². The Bertz CT molecular complexity index is 363. The predicted octanol–water partition coefficient (Wildman–Crippen LogP) is 1.28. The van der Waals surface area contributed by atoms with Gasteiger partial charge in [-0.3, -0.25) is 4.79 Å². The van der Waals surface area contributed by atoms with Gasteiger partial charge in [-0.1, -0.05) is 0 Å². The summed E-state index contributed by atoms with van der Waals surface area (Å²) >= 11 is 0. The fraction of sp³-hybridized carbons (Fsp3) is 0.300. The number of Topliss-reactive ketones (excluding diaryl/α,β-unsaturated/α-hetero) is 1. The van der Waals surface area contributed by atoms with Gasteiger partial charge in [-0.2, -0.15) is 0 Å². The molecule has 1 aromatic rings. The molecule has 0 aromatic heterocycles. The Hall–Kier alpha value is -1.42. The maximum absolute atomic E-state index is 13.0. The number of hydrogen-bond donors (Lipinski definition) is 1. The minimum atomic E-state index is -0.458. The molecule has 0 spiro atoms. The minimum absolute atomic E-state index is 0.154. The summed E-state index contributed by atoms with van der Waals surface area (Å²) in [5.41, 5.74) is 5.99. The van der Waals surface area contributed by atoms with Crippen LogP contribution in [0, 0.1) is 12.7 Å². The topological polar surface area (TPSA) is 52.3 Å². The Labute approximate surface area is 81.7 Å². The quantitative estimate of drug-likeness (QED) is 0.743. The number of hydrogen-bond acceptors (Lipinski definition) is 3. The van der Waals surface area contributed by atoms with Gasteiger partial charge in [-0.05, 0) is 24.6 Å². The number of aryl methyl sites for hydroxylation is 1. The molecule has 0 radical (unpaired) electrons. The fourth-order valence-electron chi connectivity index (χ4n) is 1.32. The van der Waals surface area contributed by atoms with Crippen molar-refractivity contribution in [3.8, 4) is 5.75 Å². The van der Waals surface area contributed by atoms with E-state index >= 15 is 0 Å². The van der Waals surface area contributed by atoms with Gasteiger partial charge in [0.05, 0.1) is 19.2 Å². The number of carbonyl (C=O) groups excluding carboxylic acids is 1. The molecule has 3 nitrogen and oxygen atoms in total. The number of ketones is 1. The van der Waals surface area contributed by atoms with Crippen molar-refractivity contribution < 1.29 is 13.9 Å². The lowest BCUT2D eigenvalue weighted by Crippen LogP contribution is -2.15. The van der Waals surface area contributed by atoms with Gasteiger partial charge in [-0.25, -0.2) is 4.39 Å². The van der Waals surface area contributed by atoms with E-state index in [9.17, 15) is 9.18 Å². The van der Waals surface area contributed by atoms with Gasteiger partial charge < -0.3 is 10.5 Å². The number of ether oxygens (including phenoxy) is 1. The Morgan fingerprint density at radius 3 is 2.71 bits per heavy atom. The average Bonchev–Trinajstić information content (AvgIpc) is 2.15. The molecule has 0 aliphatic heterocycles. The molecule has 0 aliphatic carbocycles. The number of nitrogens with two attached hydrogens (primary N) is 1. The van der Waals surface area contributed by atoms with Crippen molar-refractivity contribution in [1.29, 1.82) is 0 Å². The monoisotopic (exact) mass is 197 g/mol. The first kappa shape index (κ1) is 10.7. The molecule has 0 saturated carbocycles. The molecule has 2 N–H and O–H groups in total.